The van der Waals surface area contributed by atoms with Crippen LogP contribution in [0.3, 0.4) is 0 Å². The molecule has 2 heterocycles. The van der Waals surface area contributed by atoms with Gasteiger partial charge >= 0.3 is 5.97 Å². The predicted molar refractivity (Wildman–Crippen MR) is 132 cm³/mol. The van der Waals surface area contributed by atoms with E-state index in [1.54, 1.807) is 34.9 Å². The molecule has 0 aliphatic rings. The number of esters is 1. The maximum Gasteiger partial charge on any atom is 0.339 e. The zero-order valence-electron chi connectivity index (χ0n) is 18.2. The molecule has 9 heteroatoms. The summed E-state index contributed by atoms with van der Waals surface area (Å²) in [5.41, 5.74) is 3.82. The van der Waals surface area contributed by atoms with Crippen molar-refractivity contribution in [2.75, 3.05) is 18.2 Å². The summed E-state index contributed by atoms with van der Waals surface area (Å²) < 4.78 is 6.90. The Morgan fingerprint density at radius 1 is 1.15 bits per heavy atom. The van der Waals surface area contributed by atoms with E-state index in [2.05, 4.69) is 10.3 Å². The summed E-state index contributed by atoms with van der Waals surface area (Å²) in [5.74, 6) is -0.863. The number of thioether (sulfide) groups is 1. The van der Waals surface area contributed by atoms with Gasteiger partial charge in [0, 0.05) is 0 Å². The molecular weight excluding hydrogens is 458 g/mol. The lowest BCUT2D eigenvalue weighted by Gasteiger charge is -2.15. The fourth-order valence-corrected chi connectivity index (χ4v) is 5.02. The monoisotopic (exact) mass is 479 g/mol. The van der Waals surface area contributed by atoms with Gasteiger partial charge in [-0.1, -0.05) is 41.6 Å². The van der Waals surface area contributed by atoms with Gasteiger partial charge in [-0.15, -0.1) is 11.3 Å². The third-order valence-electron chi connectivity index (χ3n) is 4.98. The number of anilines is 1. The molecule has 33 heavy (non-hydrogen) atoms. The van der Waals surface area contributed by atoms with Crippen LogP contribution in [0.25, 0.3) is 15.9 Å². The highest BCUT2D eigenvalue weighted by molar-refractivity contribution is 7.99. The molecule has 2 aromatic carbocycles. The summed E-state index contributed by atoms with van der Waals surface area (Å²) in [6.07, 6.45) is 0. The van der Waals surface area contributed by atoms with E-state index >= 15 is 0 Å². The molecule has 168 valence electrons. The first-order valence-corrected chi connectivity index (χ1v) is 11.9. The quantitative estimate of drug-likeness (QED) is 0.247. The van der Waals surface area contributed by atoms with Gasteiger partial charge in [0.15, 0.2) is 5.16 Å². The van der Waals surface area contributed by atoms with Gasteiger partial charge in [-0.05, 0) is 49.1 Å². The Kier molecular flexibility index (Phi) is 6.62. The largest absolute Gasteiger partial charge is 0.465 e. The van der Waals surface area contributed by atoms with Crippen molar-refractivity contribution < 1.29 is 14.3 Å². The van der Waals surface area contributed by atoms with E-state index in [1.165, 1.54) is 18.4 Å². The van der Waals surface area contributed by atoms with Crippen LogP contribution in [0.2, 0.25) is 0 Å². The highest BCUT2D eigenvalue weighted by atomic mass is 32.2. The summed E-state index contributed by atoms with van der Waals surface area (Å²) in [5, 5.41) is 5.00. The van der Waals surface area contributed by atoms with E-state index < -0.39 is 5.97 Å². The summed E-state index contributed by atoms with van der Waals surface area (Å²) in [7, 11) is 1.29. The second kappa shape index (κ2) is 9.60. The van der Waals surface area contributed by atoms with Crippen LogP contribution in [0.1, 0.15) is 21.5 Å². The number of nitrogens with one attached hydrogen (secondary N) is 1. The van der Waals surface area contributed by atoms with E-state index in [1.807, 2.05) is 37.4 Å². The molecule has 0 fully saturated rings. The molecule has 0 atom stereocenters. The summed E-state index contributed by atoms with van der Waals surface area (Å²) in [4.78, 5) is 42.6. The minimum absolute atomic E-state index is 0.00248. The second-order valence-electron chi connectivity index (χ2n) is 7.33. The summed E-state index contributed by atoms with van der Waals surface area (Å²) >= 11 is 2.51. The molecule has 0 aliphatic heterocycles. The molecule has 4 aromatic rings. The molecule has 4 rings (SSSR count). The number of rotatable bonds is 6. The molecule has 0 unspecified atom stereocenters. The minimum atomic E-state index is -0.535. The van der Waals surface area contributed by atoms with E-state index in [0.29, 0.717) is 21.1 Å². The lowest BCUT2D eigenvalue weighted by atomic mass is 10.1. The van der Waals surface area contributed by atoms with E-state index in [-0.39, 0.29) is 22.8 Å². The zero-order chi connectivity index (χ0) is 23.5. The number of thiophene rings is 1. The van der Waals surface area contributed by atoms with Gasteiger partial charge in [-0.2, -0.15) is 0 Å². The van der Waals surface area contributed by atoms with Crippen molar-refractivity contribution >= 4 is 50.9 Å². The molecule has 1 N–H and O–H groups in total. The van der Waals surface area contributed by atoms with Crippen molar-refractivity contribution in [1.82, 2.24) is 9.55 Å². The van der Waals surface area contributed by atoms with Gasteiger partial charge in [0.2, 0.25) is 5.91 Å². The third-order valence-corrected chi connectivity index (χ3v) is 6.81. The fraction of sp³-hybridized carbons (Fsp3) is 0.167. The van der Waals surface area contributed by atoms with Gasteiger partial charge < -0.3 is 10.1 Å². The van der Waals surface area contributed by atoms with Crippen molar-refractivity contribution in [2.24, 2.45) is 0 Å². The first-order valence-electron chi connectivity index (χ1n) is 10.1. The number of fused-ring (bicyclic) bond motifs is 1. The van der Waals surface area contributed by atoms with Crippen LogP contribution < -0.4 is 10.9 Å². The third kappa shape index (κ3) is 4.69. The average Bonchev–Trinajstić information content (AvgIpc) is 3.27. The van der Waals surface area contributed by atoms with Crippen molar-refractivity contribution in [3.8, 4) is 5.69 Å². The number of hydrogen-bond acceptors (Lipinski definition) is 7. The number of ether oxygens (including phenoxy) is 1. The number of benzene rings is 2. The van der Waals surface area contributed by atoms with Crippen molar-refractivity contribution in [1.29, 1.82) is 0 Å². The lowest BCUT2D eigenvalue weighted by Crippen LogP contribution is -2.23. The maximum absolute atomic E-state index is 13.3. The molecule has 0 bridgehead atoms. The molecule has 1 amide bonds. The Morgan fingerprint density at radius 3 is 2.70 bits per heavy atom. The number of methoxy groups -OCH3 is 1. The van der Waals surface area contributed by atoms with Crippen LogP contribution in [0.5, 0.6) is 0 Å². The van der Waals surface area contributed by atoms with Gasteiger partial charge in [-0.3, -0.25) is 14.2 Å². The van der Waals surface area contributed by atoms with E-state index in [0.717, 1.165) is 28.6 Å². The molecule has 0 saturated carbocycles. The number of aromatic nitrogens is 2. The first-order chi connectivity index (χ1) is 15.9. The highest BCUT2D eigenvalue weighted by Gasteiger charge is 2.18. The maximum atomic E-state index is 13.3. The number of carbonyl (C=O) groups is 2. The Hall–Kier alpha value is -3.43. The smallest absolute Gasteiger partial charge is 0.339 e. The Morgan fingerprint density at radius 2 is 1.94 bits per heavy atom. The predicted octanol–water partition coefficient (Wildman–Crippen LogP) is 4.58. The number of nitrogens with zero attached hydrogens (tertiary/aromatic N) is 2. The Bertz CT molecular complexity index is 1420. The molecule has 0 saturated heterocycles. The average molecular weight is 480 g/mol. The second-order valence-corrected chi connectivity index (χ2v) is 9.19. The van der Waals surface area contributed by atoms with Crippen molar-refractivity contribution in [2.45, 2.75) is 19.0 Å². The number of aryl methyl sites for hydroxylation is 2. The fourth-order valence-electron chi connectivity index (χ4n) is 3.45. The van der Waals surface area contributed by atoms with Crippen LogP contribution in [0.4, 0.5) is 5.69 Å². The Labute approximate surface area is 198 Å². The molecule has 0 spiro atoms. The van der Waals surface area contributed by atoms with Crippen molar-refractivity contribution in [3.05, 3.63) is 81.0 Å². The van der Waals surface area contributed by atoms with E-state index in [4.69, 9.17) is 4.74 Å². The van der Waals surface area contributed by atoms with Gasteiger partial charge in [0.1, 0.15) is 4.70 Å². The van der Waals surface area contributed by atoms with Gasteiger partial charge in [0.25, 0.3) is 5.56 Å². The summed E-state index contributed by atoms with van der Waals surface area (Å²) in [6, 6.07) is 14.3. The number of carbonyl (C=O) groups excluding carboxylic acids is 2. The van der Waals surface area contributed by atoms with Crippen LogP contribution >= 0.6 is 23.1 Å². The number of para-hydroxylation sites is 1. The van der Waals surface area contributed by atoms with Crippen LogP contribution in [0, 0.1) is 13.8 Å². The van der Waals surface area contributed by atoms with E-state index in [9.17, 15) is 14.4 Å². The van der Waals surface area contributed by atoms with Gasteiger partial charge in [0.05, 0.1) is 35.3 Å². The number of amides is 1. The zero-order valence-corrected chi connectivity index (χ0v) is 19.9. The minimum Gasteiger partial charge on any atom is -0.465 e. The van der Waals surface area contributed by atoms with Crippen molar-refractivity contribution in [3.63, 3.8) is 0 Å². The first kappa shape index (κ1) is 22.8. The van der Waals surface area contributed by atoms with Crippen LogP contribution in [0.15, 0.2) is 63.9 Å². The topological polar surface area (TPSA) is 90.3 Å². The highest BCUT2D eigenvalue weighted by Crippen LogP contribution is 2.26. The molecular formula is C24H21N3O4S2. The van der Waals surface area contributed by atoms with Gasteiger partial charge in [-0.25, -0.2) is 9.78 Å². The summed E-state index contributed by atoms with van der Waals surface area (Å²) in [6.45, 7) is 3.94. The standard InChI is InChI=1S/C24H21N3O4S2/c1-14-8-9-19(15(2)12-14)27-22(29)21-18(10-11-32-21)26-24(27)33-13-20(28)25-17-7-5-4-6-16(17)23(30)31-3/h4-12H,13H2,1-3H3,(H,25,28). The lowest BCUT2D eigenvalue weighted by molar-refractivity contribution is -0.113. The Balaban J connectivity index is 1.65. The molecule has 0 radical (unpaired) electrons. The molecule has 0 aliphatic carbocycles. The van der Waals surface area contributed by atoms with Crippen LogP contribution in [-0.4, -0.2) is 34.3 Å². The number of hydrogen-bond donors (Lipinski definition) is 1. The molecule has 2 aromatic heterocycles. The van der Waals surface area contributed by atoms with Crippen LogP contribution in [-0.2, 0) is 9.53 Å². The molecule has 7 nitrogen and oxygen atoms in total. The normalized spacial score (nSPS) is 10.9. The SMILES string of the molecule is COC(=O)c1ccccc1NC(=O)CSc1nc2ccsc2c(=O)n1-c1ccc(C)cc1C.